The molecule has 0 spiro atoms. The molecule has 0 aromatic heterocycles. The number of phenolic OH excluding ortho intramolecular Hbond substituents is 1. The maximum Gasteiger partial charge on any atom is 0.328 e. The van der Waals surface area contributed by atoms with Crippen LogP contribution in [0.1, 0.15) is 42.4 Å². The summed E-state index contributed by atoms with van der Waals surface area (Å²) in [6, 6.07) is 20.2. The van der Waals surface area contributed by atoms with Crippen molar-refractivity contribution >= 4 is 35.3 Å². The molecule has 6 atom stereocenters. The van der Waals surface area contributed by atoms with Gasteiger partial charge in [0.1, 0.15) is 0 Å². The first-order valence-corrected chi connectivity index (χ1v) is 15.7. The van der Waals surface area contributed by atoms with Crippen molar-refractivity contribution in [3.05, 3.63) is 101 Å². The van der Waals surface area contributed by atoms with Gasteiger partial charge in [-0.1, -0.05) is 65.7 Å². The van der Waals surface area contributed by atoms with E-state index < -0.39 is 64.7 Å². The number of ether oxygens (including phenoxy) is 1. The second kappa shape index (κ2) is 11.1. The van der Waals surface area contributed by atoms with Crippen LogP contribution in [0.25, 0.3) is 0 Å². The molecule has 2 aliphatic heterocycles. The Morgan fingerprint density at radius 2 is 1.70 bits per heavy atom. The third kappa shape index (κ3) is 4.36. The smallest absolute Gasteiger partial charge is 0.328 e. The highest BCUT2D eigenvalue weighted by Gasteiger charge is 2.70. The fourth-order valence-electron chi connectivity index (χ4n) is 8.32. The van der Waals surface area contributed by atoms with Crippen LogP contribution in [0.5, 0.6) is 11.5 Å². The van der Waals surface area contributed by atoms with Crippen molar-refractivity contribution in [1.82, 2.24) is 9.91 Å². The molecule has 7 rings (SSSR count). The Balaban J connectivity index is 1.46. The molecule has 1 saturated carbocycles. The number of nitrogens with one attached hydrogen (secondary N) is 1. The molecule has 11 nitrogen and oxygen atoms in total. The zero-order valence-corrected chi connectivity index (χ0v) is 25.9. The van der Waals surface area contributed by atoms with Crippen molar-refractivity contribution in [2.75, 3.05) is 12.0 Å². The number of hydrogen-bond donors (Lipinski definition) is 3. The van der Waals surface area contributed by atoms with E-state index >= 15 is 4.79 Å². The Hall–Kier alpha value is -5.45. The third-order valence-corrected chi connectivity index (χ3v) is 10.2. The van der Waals surface area contributed by atoms with E-state index in [0.717, 1.165) is 10.6 Å². The van der Waals surface area contributed by atoms with Crippen LogP contribution in [0.3, 0.4) is 0 Å². The number of urea groups is 1. The SMILES string of the molecule is CCOc1cc(C2C3=CCC4C(=O)N(C(N)=O)C(=O)C4C3CC3C(=O)N(Nc4ccc(C)cc4)C(=O)C32c2ccccc2)ccc1O. The standard InChI is InChI=1S/C36H34N4O7/c1-3-47-28-17-20(11-16-27(28)41)30-23-14-15-24-29(33(44)39(31(24)42)35(37)46)25(23)18-26-32(43)40(38-22-12-9-19(2)10-13-22)34(45)36(26,30)21-7-5-4-6-8-21/h4-14,16-17,24-26,29-30,38,41H,3,15,18H2,1-2H3,(H2,37,46). The Morgan fingerprint density at radius 3 is 2.38 bits per heavy atom. The molecule has 3 aromatic carbocycles. The molecule has 3 fully saturated rings. The van der Waals surface area contributed by atoms with Crippen molar-refractivity contribution in [3.8, 4) is 11.5 Å². The van der Waals surface area contributed by atoms with Gasteiger partial charge in [0, 0.05) is 5.92 Å². The second-order valence-electron chi connectivity index (χ2n) is 12.6. The lowest BCUT2D eigenvalue weighted by atomic mass is 9.49. The van der Waals surface area contributed by atoms with Crippen LogP contribution in [0, 0.1) is 30.6 Å². The average Bonchev–Trinajstić information content (AvgIpc) is 3.44. The van der Waals surface area contributed by atoms with Gasteiger partial charge in [-0.25, -0.2) is 4.79 Å². The van der Waals surface area contributed by atoms with Crippen LogP contribution in [0.2, 0.25) is 0 Å². The number of anilines is 1. The van der Waals surface area contributed by atoms with E-state index in [1.54, 1.807) is 31.2 Å². The molecular formula is C36H34N4O7. The van der Waals surface area contributed by atoms with Crippen LogP contribution in [0.15, 0.2) is 84.4 Å². The Labute approximate surface area is 270 Å². The zero-order chi connectivity index (χ0) is 33.2. The highest BCUT2D eigenvalue weighted by molar-refractivity contribution is 6.17. The number of rotatable bonds is 6. The van der Waals surface area contributed by atoms with Crippen molar-refractivity contribution in [1.29, 1.82) is 0 Å². The molecule has 0 bridgehead atoms. The van der Waals surface area contributed by atoms with Gasteiger partial charge in [0.05, 0.1) is 35.5 Å². The van der Waals surface area contributed by atoms with Crippen molar-refractivity contribution in [2.45, 2.75) is 38.0 Å². The molecule has 240 valence electrons. The zero-order valence-electron chi connectivity index (χ0n) is 25.9. The summed E-state index contributed by atoms with van der Waals surface area (Å²) in [6.45, 7) is 3.99. The molecule has 6 amide bonds. The van der Waals surface area contributed by atoms with Crippen molar-refractivity contribution in [2.24, 2.45) is 29.4 Å². The van der Waals surface area contributed by atoms with E-state index in [1.807, 2.05) is 55.5 Å². The summed E-state index contributed by atoms with van der Waals surface area (Å²) in [5.41, 5.74) is 10.5. The number of carbonyl (C=O) groups excluding carboxylic acids is 5. The number of nitrogens with two attached hydrogens (primary N) is 1. The van der Waals surface area contributed by atoms with Crippen LogP contribution >= 0.6 is 0 Å². The highest BCUT2D eigenvalue weighted by atomic mass is 16.5. The summed E-state index contributed by atoms with van der Waals surface area (Å²) in [7, 11) is 0. The second-order valence-corrected chi connectivity index (χ2v) is 12.6. The molecule has 2 saturated heterocycles. The monoisotopic (exact) mass is 634 g/mol. The van der Waals surface area contributed by atoms with E-state index in [0.29, 0.717) is 27.3 Å². The lowest BCUT2D eigenvalue weighted by Gasteiger charge is -2.50. The van der Waals surface area contributed by atoms with Crippen LogP contribution in [0.4, 0.5) is 10.5 Å². The number of fused-ring (bicyclic) bond motifs is 4. The molecule has 0 radical (unpaired) electrons. The number of nitrogens with zero attached hydrogens (tertiary/aromatic N) is 2. The number of carbonyl (C=O) groups is 5. The predicted octanol–water partition coefficient (Wildman–Crippen LogP) is 4.16. The molecule has 2 aliphatic carbocycles. The lowest BCUT2D eigenvalue weighted by molar-refractivity contribution is -0.139. The number of imide groups is 4. The first-order chi connectivity index (χ1) is 22.6. The lowest BCUT2D eigenvalue weighted by Crippen LogP contribution is -2.53. The summed E-state index contributed by atoms with van der Waals surface area (Å²) >= 11 is 0. The minimum absolute atomic E-state index is 0.0804. The maximum absolute atomic E-state index is 15.1. The first kappa shape index (κ1) is 30.2. The van der Waals surface area contributed by atoms with E-state index in [4.69, 9.17) is 10.5 Å². The molecule has 2 heterocycles. The number of primary amides is 1. The summed E-state index contributed by atoms with van der Waals surface area (Å²) in [6.07, 6.45) is 2.12. The van der Waals surface area contributed by atoms with E-state index in [1.165, 1.54) is 6.07 Å². The number of allylic oxidation sites excluding steroid dienone is 2. The Kier molecular flexibility index (Phi) is 7.14. The number of phenols is 1. The molecule has 3 aromatic rings. The van der Waals surface area contributed by atoms with Crippen LogP contribution in [-0.2, 0) is 24.6 Å². The fraction of sp³-hybridized carbons (Fsp3) is 0.306. The summed E-state index contributed by atoms with van der Waals surface area (Å²) in [5.74, 6) is -6.34. The molecule has 47 heavy (non-hydrogen) atoms. The van der Waals surface area contributed by atoms with Gasteiger partial charge in [-0.05, 0) is 68.0 Å². The largest absolute Gasteiger partial charge is 0.504 e. The predicted molar refractivity (Wildman–Crippen MR) is 170 cm³/mol. The third-order valence-electron chi connectivity index (χ3n) is 10.2. The van der Waals surface area contributed by atoms with Gasteiger partial charge in [0.25, 0.3) is 11.8 Å². The number of aromatic hydroxyl groups is 1. The van der Waals surface area contributed by atoms with E-state index in [9.17, 15) is 24.3 Å². The van der Waals surface area contributed by atoms with Crippen LogP contribution < -0.4 is 15.9 Å². The molecule has 11 heteroatoms. The highest BCUT2D eigenvalue weighted by Crippen LogP contribution is 2.64. The Morgan fingerprint density at radius 1 is 0.979 bits per heavy atom. The molecule has 4 aliphatic rings. The minimum atomic E-state index is -1.47. The van der Waals surface area contributed by atoms with Gasteiger partial charge in [0.2, 0.25) is 11.8 Å². The van der Waals surface area contributed by atoms with Gasteiger partial charge < -0.3 is 15.6 Å². The fourth-order valence-corrected chi connectivity index (χ4v) is 8.32. The topological polar surface area (TPSA) is 159 Å². The van der Waals surface area contributed by atoms with E-state index in [2.05, 4.69) is 5.43 Å². The summed E-state index contributed by atoms with van der Waals surface area (Å²) < 4.78 is 5.75. The van der Waals surface area contributed by atoms with Gasteiger partial charge in [-0.2, -0.15) is 9.91 Å². The summed E-state index contributed by atoms with van der Waals surface area (Å²) in [5, 5.41) is 11.7. The molecule has 4 N–H and O–H groups in total. The number of likely N-dealkylation sites (tertiary alicyclic amines) is 1. The number of benzene rings is 3. The number of hydrogen-bond acceptors (Lipinski definition) is 8. The van der Waals surface area contributed by atoms with Crippen molar-refractivity contribution in [3.63, 3.8) is 0 Å². The van der Waals surface area contributed by atoms with Gasteiger partial charge in [0.15, 0.2) is 11.5 Å². The number of aryl methyl sites for hydroxylation is 1. The normalized spacial score (nSPS) is 28.0. The number of amides is 6. The van der Waals surface area contributed by atoms with Crippen LogP contribution in [-0.4, -0.2) is 51.3 Å². The summed E-state index contributed by atoms with van der Waals surface area (Å²) in [4.78, 5) is 69.5. The molecule has 6 unspecified atom stereocenters. The van der Waals surface area contributed by atoms with Gasteiger partial charge in [-0.3, -0.25) is 24.6 Å². The van der Waals surface area contributed by atoms with Crippen molar-refractivity contribution < 1.29 is 33.8 Å². The van der Waals surface area contributed by atoms with Gasteiger partial charge >= 0.3 is 6.03 Å². The maximum atomic E-state index is 15.1. The molecular weight excluding hydrogens is 600 g/mol. The quantitative estimate of drug-likeness (QED) is 0.269. The number of hydrazine groups is 1. The minimum Gasteiger partial charge on any atom is -0.504 e. The van der Waals surface area contributed by atoms with E-state index in [-0.39, 0.29) is 30.9 Å². The Bertz CT molecular complexity index is 1860. The first-order valence-electron chi connectivity index (χ1n) is 15.7. The average molecular weight is 635 g/mol. The van der Waals surface area contributed by atoms with Gasteiger partial charge in [-0.15, -0.1) is 0 Å².